The van der Waals surface area contributed by atoms with Gasteiger partial charge in [-0.2, -0.15) is 4.98 Å². The third-order valence-corrected chi connectivity index (χ3v) is 5.21. The lowest BCUT2D eigenvalue weighted by Crippen LogP contribution is -2.41. The van der Waals surface area contributed by atoms with Gasteiger partial charge < -0.3 is 29.7 Å². The number of fused-ring (bicyclic) bond motifs is 2. The fourth-order valence-electron chi connectivity index (χ4n) is 3.71. The molecule has 1 fully saturated rings. The Balaban J connectivity index is 1.43. The fraction of sp³-hybridized carbons (Fsp3) is 0.368. The molecule has 30 heavy (non-hydrogen) atoms. The summed E-state index contributed by atoms with van der Waals surface area (Å²) in [7, 11) is 0. The largest absolute Gasteiger partial charge is 0.454 e. The minimum absolute atomic E-state index is 0.113. The number of benzene rings is 1. The molecule has 11 nitrogen and oxygen atoms in total. The first-order valence-electron chi connectivity index (χ1n) is 9.56. The lowest BCUT2D eigenvalue weighted by Gasteiger charge is -2.29. The zero-order valence-electron chi connectivity index (χ0n) is 15.9. The van der Waals surface area contributed by atoms with Crippen molar-refractivity contribution in [2.24, 2.45) is 0 Å². The number of hydrogen-bond donors (Lipinski definition) is 3. The number of hydrogen-bond acceptors (Lipinski definition) is 8. The molecule has 3 aliphatic heterocycles. The van der Waals surface area contributed by atoms with E-state index in [1.54, 1.807) is 18.2 Å². The average Bonchev–Trinajstić information content (AvgIpc) is 3.21. The van der Waals surface area contributed by atoms with Gasteiger partial charge in [0.15, 0.2) is 11.5 Å². The number of carbonyl (C=O) groups is 2. The van der Waals surface area contributed by atoms with Crippen molar-refractivity contribution in [1.82, 2.24) is 9.97 Å². The first-order valence-corrected chi connectivity index (χ1v) is 9.56. The van der Waals surface area contributed by atoms with Crippen molar-refractivity contribution in [3.63, 3.8) is 0 Å². The zero-order valence-corrected chi connectivity index (χ0v) is 15.9. The smallest absolute Gasteiger partial charge is 0.258 e. The standard InChI is InChI=1S/C19H19N5O6/c25-14-8-11(17(26)20-10-1-2-12-13(7-10)30-9-29-12)15-16(21-14)22-19(23-18(15)27)24-3-5-28-6-4-24/h1-2,7,11H,3-6,8-9H2,(H,20,26)(H2,21,22,23,25,27). The zero-order chi connectivity index (χ0) is 20.7. The Bertz CT molecular complexity index is 1080. The van der Waals surface area contributed by atoms with E-state index in [1.807, 2.05) is 4.90 Å². The molecule has 11 heteroatoms. The lowest BCUT2D eigenvalue weighted by atomic mass is 9.92. The Morgan fingerprint density at radius 1 is 1.17 bits per heavy atom. The van der Waals surface area contributed by atoms with Gasteiger partial charge in [-0.15, -0.1) is 0 Å². The topological polar surface area (TPSA) is 135 Å². The van der Waals surface area contributed by atoms with Crippen molar-refractivity contribution in [2.75, 3.05) is 48.6 Å². The number of ether oxygens (including phenoxy) is 3. The van der Waals surface area contributed by atoms with E-state index in [0.717, 1.165) is 0 Å². The van der Waals surface area contributed by atoms with Crippen molar-refractivity contribution in [2.45, 2.75) is 12.3 Å². The summed E-state index contributed by atoms with van der Waals surface area (Å²) < 4.78 is 15.9. The minimum atomic E-state index is -0.964. The van der Waals surface area contributed by atoms with Gasteiger partial charge in [-0.25, -0.2) is 0 Å². The van der Waals surface area contributed by atoms with Crippen molar-refractivity contribution < 1.29 is 23.8 Å². The molecule has 0 bridgehead atoms. The van der Waals surface area contributed by atoms with Crippen LogP contribution in [0.3, 0.4) is 0 Å². The van der Waals surface area contributed by atoms with Gasteiger partial charge in [-0.1, -0.05) is 0 Å². The summed E-state index contributed by atoms with van der Waals surface area (Å²) >= 11 is 0. The Kier molecular flexibility index (Phi) is 4.51. The molecule has 2 aromatic rings. The Morgan fingerprint density at radius 3 is 2.80 bits per heavy atom. The molecule has 2 amide bonds. The van der Waals surface area contributed by atoms with E-state index in [0.29, 0.717) is 49.4 Å². The van der Waals surface area contributed by atoms with E-state index >= 15 is 0 Å². The van der Waals surface area contributed by atoms with E-state index in [4.69, 9.17) is 14.2 Å². The molecule has 0 aliphatic carbocycles. The third-order valence-electron chi connectivity index (χ3n) is 5.21. The molecule has 4 heterocycles. The molecule has 1 unspecified atom stereocenters. The Hall–Kier alpha value is -3.60. The highest BCUT2D eigenvalue weighted by atomic mass is 16.7. The van der Waals surface area contributed by atoms with E-state index in [-0.39, 0.29) is 30.5 Å². The molecule has 0 radical (unpaired) electrons. The van der Waals surface area contributed by atoms with Gasteiger partial charge in [0.25, 0.3) is 5.56 Å². The molecule has 0 spiro atoms. The molecule has 1 aromatic heterocycles. The summed E-state index contributed by atoms with van der Waals surface area (Å²) in [5.41, 5.74) is 0.170. The van der Waals surface area contributed by atoms with Gasteiger partial charge in [0, 0.05) is 31.3 Å². The van der Waals surface area contributed by atoms with Gasteiger partial charge in [0.1, 0.15) is 5.82 Å². The number of aromatic amines is 1. The number of nitrogens with one attached hydrogen (secondary N) is 3. The third kappa shape index (κ3) is 3.32. The molecule has 1 saturated heterocycles. The second-order valence-electron chi connectivity index (χ2n) is 7.11. The second kappa shape index (κ2) is 7.34. The lowest BCUT2D eigenvalue weighted by molar-refractivity contribution is -0.123. The molecule has 3 N–H and O–H groups in total. The highest BCUT2D eigenvalue weighted by Gasteiger charge is 2.35. The van der Waals surface area contributed by atoms with Crippen LogP contribution in [0.4, 0.5) is 17.5 Å². The maximum Gasteiger partial charge on any atom is 0.258 e. The SMILES string of the molecule is O=C1CC(C(=O)Nc2ccc3c(c2)OCO3)c2c(nc(N3CCOCC3)[nH]c2=O)N1. The number of rotatable bonds is 3. The van der Waals surface area contributed by atoms with Crippen LogP contribution in [0.2, 0.25) is 0 Å². The first-order chi connectivity index (χ1) is 14.6. The van der Waals surface area contributed by atoms with Gasteiger partial charge >= 0.3 is 0 Å². The number of nitrogens with zero attached hydrogens (tertiary/aromatic N) is 2. The number of carbonyl (C=O) groups excluding carboxylic acids is 2. The molecule has 5 rings (SSSR count). The van der Waals surface area contributed by atoms with E-state index in [9.17, 15) is 14.4 Å². The van der Waals surface area contributed by atoms with Crippen molar-refractivity contribution in [3.05, 3.63) is 34.1 Å². The van der Waals surface area contributed by atoms with E-state index in [2.05, 4.69) is 20.6 Å². The highest BCUT2D eigenvalue weighted by molar-refractivity contribution is 6.04. The highest BCUT2D eigenvalue weighted by Crippen LogP contribution is 2.35. The number of H-pyrrole nitrogens is 1. The van der Waals surface area contributed by atoms with Crippen LogP contribution in [0.15, 0.2) is 23.0 Å². The van der Waals surface area contributed by atoms with Gasteiger partial charge in [0.05, 0.1) is 24.7 Å². The Labute approximate surface area is 170 Å². The fourth-order valence-corrected chi connectivity index (χ4v) is 3.71. The normalized spacial score (nSPS) is 19.8. The summed E-state index contributed by atoms with van der Waals surface area (Å²) in [6.45, 7) is 2.31. The number of amides is 2. The summed E-state index contributed by atoms with van der Waals surface area (Å²) in [6, 6.07) is 4.98. The molecule has 0 saturated carbocycles. The molecule has 1 atom stereocenters. The van der Waals surface area contributed by atoms with Crippen molar-refractivity contribution in [3.8, 4) is 11.5 Å². The predicted octanol–water partition coefficient (Wildman–Crippen LogP) is 0.400. The number of aromatic nitrogens is 2. The van der Waals surface area contributed by atoms with Crippen LogP contribution in [-0.2, 0) is 14.3 Å². The monoisotopic (exact) mass is 413 g/mol. The second-order valence-corrected chi connectivity index (χ2v) is 7.11. The maximum absolute atomic E-state index is 12.9. The number of anilines is 3. The Morgan fingerprint density at radius 2 is 1.97 bits per heavy atom. The maximum atomic E-state index is 12.9. The van der Waals surface area contributed by atoms with Crippen LogP contribution in [0.5, 0.6) is 11.5 Å². The number of morpholine rings is 1. The van der Waals surface area contributed by atoms with Crippen LogP contribution < -0.4 is 30.6 Å². The first kappa shape index (κ1) is 18.4. The summed E-state index contributed by atoms with van der Waals surface area (Å²) in [6.07, 6.45) is -0.148. The average molecular weight is 413 g/mol. The van der Waals surface area contributed by atoms with Crippen LogP contribution in [0.1, 0.15) is 17.9 Å². The minimum Gasteiger partial charge on any atom is -0.454 e. The summed E-state index contributed by atoms with van der Waals surface area (Å²) in [4.78, 5) is 47.0. The van der Waals surface area contributed by atoms with Crippen LogP contribution in [0, 0.1) is 0 Å². The van der Waals surface area contributed by atoms with Gasteiger partial charge in [0.2, 0.25) is 24.6 Å². The molecule has 156 valence electrons. The van der Waals surface area contributed by atoms with Crippen LogP contribution in [0.25, 0.3) is 0 Å². The van der Waals surface area contributed by atoms with Gasteiger partial charge in [-0.3, -0.25) is 19.4 Å². The van der Waals surface area contributed by atoms with E-state index < -0.39 is 17.4 Å². The summed E-state index contributed by atoms with van der Waals surface area (Å²) in [5.74, 6) is -0.248. The van der Waals surface area contributed by atoms with Crippen LogP contribution in [-0.4, -0.2) is 54.9 Å². The van der Waals surface area contributed by atoms with Crippen molar-refractivity contribution in [1.29, 1.82) is 0 Å². The van der Waals surface area contributed by atoms with E-state index in [1.165, 1.54) is 0 Å². The molecular formula is C19H19N5O6. The van der Waals surface area contributed by atoms with Crippen LogP contribution >= 0.6 is 0 Å². The quantitative estimate of drug-likeness (QED) is 0.658. The van der Waals surface area contributed by atoms with Crippen molar-refractivity contribution >= 4 is 29.3 Å². The molecule has 1 aromatic carbocycles. The summed E-state index contributed by atoms with van der Waals surface area (Å²) in [5, 5.41) is 5.36. The predicted molar refractivity (Wildman–Crippen MR) is 105 cm³/mol. The van der Waals surface area contributed by atoms with Gasteiger partial charge in [-0.05, 0) is 12.1 Å². The molecule has 3 aliphatic rings. The molecular weight excluding hydrogens is 394 g/mol.